The molecule has 0 bridgehead atoms. The van der Waals surface area contributed by atoms with E-state index in [1.807, 2.05) is 0 Å². The molecule has 1 heterocycles. The molecule has 0 fully saturated rings. The number of carbonyl (C=O) groups excluding carboxylic acids is 1. The molecule has 2 aromatic carbocycles. The van der Waals surface area contributed by atoms with Gasteiger partial charge >= 0.3 is 18.1 Å². The van der Waals surface area contributed by atoms with Crippen LogP contribution in [0.4, 0.5) is 32.4 Å². The first-order chi connectivity index (χ1) is 11.7. The minimum atomic E-state index is -5.18. The summed E-state index contributed by atoms with van der Waals surface area (Å²) in [5, 5.41) is 3.10. The second kappa shape index (κ2) is 5.80. The summed E-state index contributed by atoms with van der Waals surface area (Å²) in [5.41, 5.74) is -0.909. The number of alkyl halides is 3. The lowest BCUT2D eigenvalue weighted by Gasteiger charge is -2.29. The van der Waals surface area contributed by atoms with Crippen LogP contribution in [0.2, 0.25) is 0 Å². The minimum absolute atomic E-state index is 0.253. The van der Waals surface area contributed by atoms with E-state index in [1.54, 1.807) is 5.32 Å². The molecule has 10 heteroatoms. The summed E-state index contributed by atoms with van der Waals surface area (Å²) in [6.07, 6.45) is -5.18. The van der Waals surface area contributed by atoms with Crippen molar-refractivity contribution in [2.45, 2.75) is 12.1 Å². The van der Waals surface area contributed by atoms with Gasteiger partial charge in [0.25, 0.3) is 0 Å². The van der Waals surface area contributed by atoms with E-state index in [4.69, 9.17) is 9.47 Å². The molecule has 0 atom stereocenters. The standard InChI is InChI=1S/C15H9F5N2O3/c16-8-4-3-5-9(17)12(8)21-13(23)22-15(14(18,19)20)24-10-6-1-2-7-11(10)25-15/h1-7H,(H2,21,22,23). The predicted octanol–water partition coefficient (Wildman–Crippen LogP) is 3.77. The van der Waals surface area contributed by atoms with Crippen molar-refractivity contribution in [2.24, 2.45) is 0 Å². The molecule has 132 valence electrons. The summed E-state index contributed by atoms with van der Waals surface area (Å²) in [4.78, 5) is 11.9. The maximum atomic E-state index is 13.5. The lowest BCUT2D eigenvalue weighted by molar-refractivity contribution is -0.317. The fraction of sp³-hybridized carbons (Fsp3) is 0.133. The van der Waals surface area contributed by atoms with E-state index in [-0.39, 0.29) is 11.5 Å². The molecule has 2 amide bonds. The van der Waals surface area contributed by atoms with E-state index < -0.39 is 35.4 Å². The molecule has 5 nitrogen and oxygen atoms in total. The van der Waals surface area contributed by atoms with Gasteiger partial charge < -0.3 is 14.8 Å². The first-order valence-electron chi connectivity index (χ1n) is 6.79. The SMILES string of the molecule is O=C(Nc1c(F)cccc1F)NC1(C(F)(F)F)Oc2ccccc2O1. The lowest BCUT2D eigenvalue weighted by Crippen LogP contribution is -2.65. The largest absolute Gasteiger partial charge is 0.492 e. The Labute approximate surface area is 137 Å². The molecule has 0 unspecified atom stereocenters. The third-order valence-corrected chi connectivity index (χ3v) is 3.21. The van der Waals surface area contributed by atoms with Gasteiger partial charge in [0.1, 0.15) is 17.3 Å². The summed E-state index contributed by atoms with van der Waals surface area (Å²) in [6.45, 7) is 0. The summed E-state index contributed by atoms with van der Waals surface area (Å²) >= 11 is 0. The lowest BCUT2D eigenvalue weighted by atomic mass is 10.3. The maximum Gasteiger partial charge on any atom is 0.492 e. The number of rotatable bonds is 2. The molecule has 0 spiro atoms. The molecular formula is C15H9F5N2O3. The highest BCUT2D eigenvalue weighted by atomic mass is 19.4. The number of para-hydroxylation sites is 3. The molecule has 1 aliphatic rings. The van der Waals surface area contributed by atoms with Crippen LogP contribution in [-0.2, 0) is 0 Å². The van der Waals surface area contributed by atoms with Crippen LogP contribution in [0, 0.1) is 11.6 Å². The highest BCUT2D eigenvalue weighted by Gasteiger charge is 2.65. The number of nitrogens with one attached hydrogen (secondary N) is 2. The molecular weight excluding hydrogens is 351 g/mol. The number of halogens is 5. The normalized spacial score (nSPS) is 14.9. The van der Waals surface area contributed by atoms with Crippen LogP contribution in [0.3, 0.4) is 0 Å². The first-order valence-corrected chi connectivity index (χ1v) is 6.79. The van der Waals surface area contributed by atoms with Crippen LogP contribution in [0.15, 0.2) is 42.5 Å². The zero-order chi connectivity index (χ0) is 18.2. The Morgan fingerprint density at radius 1 is 0.920 bits per heavy atom. The van der Waals surface area contributed by atoms with Crippen LogP contribution in [0.25, 0.3) is 0 Å². The quantitative estimate of drug-likeness (QED) is 0.802. The fourth-order valence-corrected chi connectivity index (χ4v) is 2.10. The predicted molar refractivity (Wildman–Crippen MR) is 75.0 cm³/mol. The Bertz CT molecular complexity index is 780. The van der Waals surface area contributed by atoms with Gasteiger partial charge in [0.05, 0.1) is 0 Å². The summed E-state index contributed by atoms with van der Waals surface area (Å²) in [6, 6.07) is 6.34. The molecule has 0 saturated heterocycles. The third kappa shape index (κ3) is 3.02. The van der Waals surface area contributed by atoms with Gasteiger partial charge in [-0.1, -0.05) is 18.2 Å². The van der Waals surface area contributed by atoms with Crippen molar-refractivity contribution in [1.29, 1.82) is 0 Å². The van der Waals surface area contributed by atoms with Gasteiger partial charge in [-0.25, -0.2) is 13.6 Å². The number of hydrogen-bond donors (Lipinski definition) is 2. The number of amides is 2. The van der Waals surface area contributed by atoms with Crippen LogP contribution < -0.4 is 20.1 Å². The molecule has 25 heavy (non-hydrogen) atoms. The number of carbonyl (C=O) groups is 1. The van der Waals surface area contributed by atoms with E-state index in [0.717, 1.165) is 18.2 Å². The maximum absolute atomic E-state index is 13.5. The zero-order valence-corrected chi connectivity index (χ0v) is 12.2. The zero-order valence-electron chi connectivity index (χ0n) is 12.2. The van der Waals surface area contributed by atoms with Crippen LogP contribution >= 0.6 is 0 Å². The second-order valence-corrected chi connectivity index (χ2v) is 4.94. The number of benzene rings is 2. The molecule has 1 aliphatic heterocycles. The Morgan fingerprint density at radius 3 is 1.92 bits per heavy atom. The number of ether oxygens (including phenoxy) is 2. The van der Waals surface area contributed by atoms with Crippen molar-refractivity contribution < 1.29 is 36.2 Å². The molecule has 2 aromatic rings. The highest BCUT2D eigenvalue weighted by Crippen LogP contribution is 2.44. The van der Waals surface area contributed by atoms with E-state index >= 15 is 0 Å². The van der Waals surface area contributed by atoms with Gasteiger partial charge in [0, 0.05) is 0 Å². The van der Waals surface area contributed by atoms with E-state index in [0.29, 0.717) is 0 Å². The number of fused-ring (bicyclic) bond motifs is 1. The molecule has 3 rings (SSSR count). The summed E-state index contributed by atoms with van der Waals surface area (Å²) in [5.74, 6) is -6.35. The summed E-state index contributed by atoms with van der Waals surface area (Å²) in [7, 11) is 0. The Balaban J connectivity index is 1.85. The number of anilines is 1. The van der Waals surface area contributed by atoms with Crippen LogP contribution in [0.5, 0.6) is 11.5 Å². The Kier molecular flexibility index (Phi) is 3.90. The van der Waals surface area contributed by atoms with Gasteiger partial charge in [-0.3, -0.25) is 5.32 Å². The van der Waals surface area contributed by atoms with Crippen LogP contribution in [0.1, 0.15) is 0 Å². The molecule has 0 radical (unpaired) electrons. The van der Waals surface area contributed by atoms with E-state index in [9.17, 15) is 26.7 Å². The average Bonchev–Trinajstić information content (AvgIpc) is 2.90. The van der Waals surface area contributed by atoms with Gasteiger partial charge in [-0.05, 0) is 24.3 Å². The smallest absolute Gasteiger partial charge is 0.424 e. The van der Waals surface area contributed by atoms with Crippen molar-refractivity contribution >= 4 is 11.7 Å². The molecule has 2 N–H and O–H groups in total. The number of hydrogen-bond acceptors (Lipinski definition) is 3. The van der Waals surface area contributed by atoms with Gasteiger partial charge in [0.2, 0.25) is 0 Å². The Hall–Kier alpha value is -3.04. The molecule has 0 saturated carbocycles. The molecule has 0 aliphatic carbocycles. The van der Waals surface area contributed by atoms with Crippen LogP contribution in [-0.4, -0.2) is 18.1 Å². The second-order valence-electron chi connectivity index (χ2n) is 4.94. The highest BCUT2D eigenvalue weighted by molar-refractivity contribution is 5.90. The Morgan fingerprint density at radius 2 is 1.44 bits per heavy atom. The van der Waals surface area contributed by atoms with Crippen molar-refractivity contribution in [3.05, 3.63) is 54.1 Å². The number of urea groups is 1. The van der Waals surface area contributed by atoms with Crippen molar-refractivity contribution in [3.63, 3.8) is 0 Å². The van der Waals surface area contributed by atoms with E-state index in [2.05, 4.69) is 0 Å². The van der Waals surface area contributed by atoms with E-state index in [1.165, 1.54) is 29.6 Å². The third-order valence-electron chi connectivity index (χ3n) is 3.21. The molecule has 0 aromatic heterocycles. The van der Waals surface area contributed by atoms with Gasteiger partial charge in [-0.2, -0.15) is 13.2 Å². The van der Waals surface area contributed by atoms with Crippen molar-refractivity contribution in [2.75, 3.05) is 5.32 Å². The average molecular weight is 360 g/mol. The van der Waals surface area contributed by atoms with Crippen molar-refractivity contribution in [1.82, 2.24) is 5.32 Å². The van der Waals surface area contributed by atoms with Gasteiger partial charge in [0.15, 0.2) is 11.5 Å². The van der Waals surface area contributed by atoms with Crippen molar-refractivity contribution in [3.8, 4) is 11.5 Å². The fourth-order valence-electron chi connectivity index (χ4n) is 2.10. The summed E-state index contributed by atoms with van der Waals surface area (Å²) < 4.78 is 76.6. The topological polar surface area (TPSA) is 59.6 Å². The monoisotopic (exact) mass is 360 g/mol. The minimum Gasteiger partial charge on any atom is -0.424 e. The first kappa shape index (κ1) is 16.8. The van der Waals surface area contributed by atoms with Gasteiger partial charge in [-0.15, -0.1) is 0 Å².